The highest BCUT2D eigenvalue weighted by molar-refractivity contribution is 6.22. The molecule has 2 unspecified atom stereocenters. The van der Waals surface area contributed by atoms with Crippen LogP contribution in [0, 0.1) is 23.1 Å². The molecule has 0 bridgehead atoms. The van der Waals surface area contributed by atoms with Gasteiger partial charge in [0.1, 0.15) is 18.0 Å². The van der Waals surface area contributed by atoms with Crippen LogP contribution in [-0.2, 0) is 0 Å². The Bertz CT molecular complexity index is 1350. The quantitative estimate of drug-likeness (QED) is 0.330. The maximum Gasteiger partial charge on any atom is 0.349 e. The Labute approximate surface area is 184 Å². The molecule has 0 fully saturated rings. The second-order valence-corrected chi connectivity index (χ2v) is 7.48. The van der Waals surface area contributed by atoms with E-state index >= 15 is 0 Å². The highest BCUT2D eigenvalue weighted by atomic mass is 35.5. The molecule has 32 heavy (non-hydrogen) atoms. The number of alkyl halides is 1. The van der Waals surface area contributed by atoms with Crippen LogP contribution in [0.4, 0.5) is 20.5 Å². The van der Waals surface area contributed by atoms with Crippen molar-refractivity contribution in [1.29, 1.82) is 5.26 Å². The summed E-state index contributed by atoms with van der Waals surface area (Å²) in [5.74, 6) is -0.989. The fourth-order valence-corrected chi connectivity index (χ4v) is 4.24. The standard InChI is InChI=1S/C20H11ClF2N8O/c21-19-28(9-24)8-16-30(19)15-4-2-1-3-13(15)18-25-10-29(31(16)18)20-26-17(27-32-20)12-6-5-11(22)7-14(12)23/h1-8,10,18-19H. The largest absolute Gasteiger partial charge is 0.349 e. The topological polar surface area (TPSA) is 88.0 Å². The van der Waals surface area contributed by atoms with Gasteiger partial charge in [-0.05, 0) is 18.2 Å². The number of hydrazine groups is 1. The lowest BCUT2D eigenvalue weighted by molar-refractivity contribution is 0.260. The van der Waals surface area contributed by atoms with Gasteiger partial charge in [-0.3, -0.25) is 4.90 Å². The van der Waals surface area contributed by atoms with Crippen LogP contribution in [0.25, 0.3) is 11.4 Å². The first-order valence-corrected chi connectivity index (χ1v) is 9.83. The van der Waals surface area contributed by atoms with Crippen LogP contribution in [0.2, 0.25) is 0 Å². The Kier molecular flexibility index (Phi) is 3.87. The van der Waals surface area contributed by atoms with Gasteiger partial charge in [0.05, 0.1) is 17.5 Å². The second-order valence-electron chi connectivity index (χ2n) is 7.09. The van der Waals surface area contributed by atoms with Crippen molar-refractivity contribution in [2.24, 2.45) is 4.99 Å². The van der Waals surface area contributed by atoms with Crippen LogP contribution < -0.4 is 9.91 Å². The summed E-state index contributed by atoms with van der Waals surface area (Å²) in [5, 5.41) is 16.6. The van der Waals surface area contributed by atoms with Crippen molar-refractivity contribution in [2.45, 2.75) is 11.8 Å². The van der Waals surface area contributed by atoms with Gasteiger partial charge in [0.25, 0.3) is 0 Å². The highest BCUT2D eigenvalue weighted by Gasteiger charge is 2.48. The molecule has 3 aliphatic rings. The van der Waals surface area contributed by atoms with Gasteiger partial charge in [-0.1, -0.05) is 35.0 Å². The van der Waals surface area contributed by atoms with Crippen LogP contribution >= 0.6 is 11.6 Å². The molecule has 4 heterocycles. The minimum absolute atomic E-state index is 0.00346. The molecule has 3 aromatic rings. The molecular formula is C20H11ClF2N8O. The molecule has 12 heteroatoms. The summed E-state index contributed by atoms with van der Waals surface area (Å²) >= 11 is 6.55. The number of benzene rings is 2. The Morgan fingerprint density at radius 2 is 2.00 bits per heavy atom. The smallest absolute Gasteiger partial charge is 0.313 e. The fraction of sp³-hybridized carbons (Fsp3) is 0.100. The highest BCUT2D eigenvalue weighted by Crippen LogP contribution is 2.48. The molecule has 0 N–H and O–H groups in total. The molecule has 158 valence electrons. The molecule has 0 saturated heterocycles. The minimum Gasteiger partial charge on any atom is -0.313 e. The van der Waals surface area contributed by atoms with Crippen molar-refractivity contribution in [3.63, 3.8) is 0 Å². The lowest BCUT2D eigenvalue weighted by Crippen LogP contribution is -2.48. The first-order chi connectivity index (χ1) is 15.6. The molecule has 0 aliphatic carbocycles. The zero-order valence-electron chi connectivity index (χ0n) is 16.0. The number of hydrogen-bond donors (Lipinski definition) is 0. The van der Waals surface area contributed by atoms with E-state index in [1.807, 2.05) is 30.5 Å². The van der Waals surface area contributed by atoms with Gasteiger partial charge >= 0.3 is 6.01 Å². The Balaban J connectivity index is 1.43. The third-order valence-electron chi connectivity index (χ3n) is 5.33. The molecular weight excluding hydrogens is 442 g/mol. The van der Waals surface area contributed by atoms with Crippen molar-refractivity contribution >= 4 is 29.6 Å². The zero-order chi connectivity index (χ0) is 22.0. The van der Waals surface area contributed by atoms with E-state index in [9.17, 15) is 14.0 Å². The third kappa shape index (κ3) is 2.50. The third-order valence-corrected chi connectivity index (χ3v) is 5.74. The minimum atomic E-state index is -0.809. The predicted molar refractivity (Wildman–Crippen MR) is 109 cm³/mol. The van der Waals surface area contributed by atoms with Gasteiger partial charge in [0, 0.05) is 11.6 Å². The van der Waals surface area contributed by atoms with Crippen LogP contribution in [0.5, 0.6) is 0 Å². The second kappa shape index (κ2) is 6.66. The number of para-hydroxylation sites is 1. The molecule has 0 radical (unpaired) electrons. The van der Waals surface area contributed by atoms with Crippen molar-refractivity contribution < 1.29 is 13.3 Å². The summed E-state index contributed by atoms with van der Waals surface area (Å²) in [4.78, 5) is 11.9. The summed E-state index contributed by atoms with van der Waals surface area (Å²) in [6.45, 7) is 0. The van der Waals surface area contributed by atoms with E-state index in [1.165, 1.54) is 22.3 Å². The number of halogens is 3. The van der Waals surface area contributed by atoms with Gasteiger partial charge in [-0.25, -0.2) is 23.7 Å². The predicted octanol–water partition coefficient (Wildman–Crippen LogP) is 3.72. The number of anilines is 2. The number of hydrogen-bond acceptors (Lipinski definition) is 9. The molecule has 9 nitrogen and oxygen atoms in total. The molecule has 0 saturated carbocycles. The maximum atomic E-state index is 14.2. The first-order valence-electron chi connectivity index (χ1n) is 9.40. The van der Waals surface area contributed by atoms with E-state index in [4.69, 9.17) is 16.1 Å². The monoisotopic (exact) mass is 452 g/mol. The van der Waals surface area contributed by atoms with Gasteiger partial charge in [-0.15, -0.1) is 0 Å². The number of rotatable bonds is 2. The van der Waals surface area contributed by atoms with Gasteiger partial charge in [0.15, 0.2) is 23.8 Å². The molecule has 2 atom stereocenters. The SMILES string of the molecule is N#CN1C=C2N(c3ccccc3C3N=CN(c4nc(-c5ccc(F)cc5F)no4)N23)C1Cl. The van der Waals surface area contributed by atoms with Crippen LogP contribution in [0.1, 0.15) is 11.7 Å². The summed E-state index contributed by atoms with van der Waals surface area (Å²) in [5.41, 5.74) is 0.900. The molecule has 3 aliphatic heterocycles. The van der Waals surface area contributed by atoms with Crippen LogP contribution in [-0.4, -0.2) is 32.0 Å². The van der Waals surface area contributed by atoms with Crippen LogP contribution in [0.15, 0.2) is 64.0 Å². The summed E-state index contributed by atoms with van der Waals surface area (Å²) in [6.07, 6.45) is 4.68. The average molecular weight is 453 g/mol. The first kappa shape index (κ1) is 18.6. The van der Waals surface area contributed by atoms with E-state index in [0.717, 1.165) is 23.4 Å². The Hall–Kier alpha value is -4.17. The zero-order valence-corrected chi connectivity index (χ0v) is 16.7. The van der Waals surface area contributed by atoms with Gasteiger partial charge in [-0.2, -0.15) is 15.3 Å². The van der Waals surface area contributed by atoms with Crippen LogP contribution in [0.3, 0.4) is 0 Å². The molecule has 0 spiro atoms. The lowest BCUT2D eigenvalue weighted by atomic mass is 10.1. The van der Waals surface area contributed by atoms with E-state index in [0.29, 0.717) is 5.82 Å². The Morgan fingerprint density at radius 3 is 2.81 bits per heavy atom. The lowest BCUT2D eigenvalue weighted by Gasteiger charge is -2.42. The fourth-order valence-electron chi connectivity index (χ4n) is 3.93. The molecule has 2 aromatic carbocycles. The van der Waals surface area contributed by atoms with E-state index in [2.05, 4.69) is 15.1 Å². The number of aliphatic imine (C=N–C) groups is 1. The van der Waals surface area contributed by atoms with E-state index in [1.54, 1.807) is 16.1 Å². The summed E-state index contributed by atoms with van der Waals surface area (Å²) in [7, 11) is 0. The molecule has 6 rings (SSSR count). The normalized spacial score (nSPS) is 20.8. The van der Waals surface area contributed by atoms with E-state index in [-0.39, 0.29) is 17.4 Å². The van der Waals surface area contributed by atoms with Crippen molar-refractivity contribution in [2.75, 3.05) is 9.91 Å². The number of aromatic nitrogens is 2. The van der Waals surface area contributed by atoms with Crippen molar-refractivity contribution in [3.8, 4) is 17.6 Å². The van der Waals surface area contributed by atoms with Gasteiger partial charge < -0.3 is 4.52 Å². The summed E-state index contributed by atoms with van der Waals surface area (Å²) in [6, 6.07) is 10.7. The molecule has 0 amide bonds. The molecule has 1 aromatic heterocycles. The summed E-state index contributed by atoms with van der Waals surface area (Å²) < 4.78 is 32.8. The average Bonchev–Trinajstić information content (AvgIpc) is 3.50. The van der Waals surface area contributed by atoms with Crippen molar-refractivity contribution in [3.05, 3.63) is 71.7 Å². The van der Waals surface area contributed by atoms with Crippen molar-refractivity contribution in [1.82, 2.24) is 20.0 Å². The number of fused-ring (bicyclic) bond motifs is 6. The Morgan fingerprint density at radius 1 is 1.16 bits per heavy atom. The number of nitriles is 1. The number of nitrogens with zero attached hydrogens (tertiary/aromatic N) is 8. The maximum absolute atomic E-state index is 14.2. The van der Waals surface area contributed by atoms with Gasteiger partial charge in [0.2, 0.25) is 5.82 Å². The van der Waals surface area contributed by atoms with E-state index < -0.39 is 23.4 Å².